The fraction of sp³-hybridized carbons (Fsp3) is 0.216. The minimum atomic E-state index is -2.27. The number of carbonyl (C=O) groups is 2. The maximum absolute atomic E-state index is 12.1. The molecular formula is C37H38N2O12S. The molecule has 14 nitrogen and oxygen atoms in total. The molecule has 52 heavy (non-hydrogen) atoms. The molecular weight excluding hydrogens is 696 g/mol. The van der Waals surface area contributed by atoms with Crippen molar-refractivity contribution in [1.29, 1.82) is 0 Å². The maximum atomic E-state index is 12.1. The smallest absolute Gasteiger partial charge is 0.335 e. The predicted molar refractivity (Wildman–Crippen MR) is 194 cm³/mol. The Bertz CT molecular complexity index is 2060. The van der Waals surface area contributed by atoms with E-state index < -0.39 is 41.1 Å². The molecule has 0 fully saturated rings. The number of hydrogen-bond donors (Lipinski definition) is 8. The molecule has 274 valence electrons. The van der Waals surface area contributed by atoms with Crippen LogP contribution in [0.2, 0.25) is 0 Å². The van der Waals surface area contributed by atoms with Crippen molar-refractivity contribution in [1.82, 2.24) is 4.90 Å². The van der Waals surface area contributed by atoms with Crippen LogP contribution in [0.4, 0.5) is 11.4 Å². The number of anilines is 2. The van der Waals surface area contributed by atoms with E-state index >= 15 is 0 Å². The fourth-order valence-electron chi connectivity index (χ4n) is 5.27. The van der Waals surface area contributed by atoms with Gasteiger partial charge in [0.2, 0.25) is 11.2 Å². The van der Waals surface area contributed by atoms with E-state index in [2.05, 4.69) is 79.3 Å². The molecule has 0 bridgehead atoms. The number of phenolic OH excluding ortho intramolecular Hbond substituents is 3. The summed E-state index contributed by atoms with van der Waals surface area (Å²) >= 11 is 1.88. The van der Waals surface area contributed by atoms with Crippen LogP contribution in [0.25, 0.3) is 22.3 Å². The van der Waals surface area contributed by atoms with Crippen molar-refractivity contribution < 1.29 is 54.9 Å². The van der Waals surface area contributed by atoms with Crippen LogP contribution in [0.1, 0.15) is 6.92 Å². The number of aliphatic hydroxyl groups is 2. The molecule has 15 heteroatoms. The summed E-state index contributed by atoms with van der Waals surface area (Å²) in [7, 11) is 4.29. The lowest BCUT2D eigenvalue weighted by atomic mass is 10.1. The summed E-state index contributed by atoms with van der Waals surface area (Å²) in [5.74, 6) is -4.53. The lowest BCUT2D eigenvalue weighted by Gasteiger charge is -2.35. The van der Waals surface area contributed by atoms with E-state index in [9.17, 15) is 34.8 Å². The van der Waals surface area contributed by atoms with Crippen LogP contribution in [-0.2, 0) is 9.59 Å². The summed E-state index contributed by atoms with van der Waals surface area (Å²) in [6.07, 6.45) is -4.53. The third-order valence-corrected chi connectivity index (χ3v) is 8.73. The number of rotatable bonds is 8. The molecule has 3 unspecified atom stereocenters. The molecule has 0 saturated carbocycles. The Hall–Kier alpha value is -5.74. The molecule has 4 aromatic carbocycles. The van der Waals surface area contributed by atoms with Gasteiger partial charge in [0.05, 0.1) is 16.8 Å². The second-order valence-electron chi connectivity index (χ2n) is 12.1. The molecule has 0 aliphatic carbocycles. The van der Waals surface area contributed by atoms with Crippen LogP contribution >= 0.6 is 11.8 Å². The van der Waals surface area contributed by atoms with Gasteiger partial charge in [0.25, 0.3) is 0 Å². The highest BCUT2D eigenvalue weighted by atomic mass is 32.2. The van der Waals surface area contributed by atoms with Gasteiger partial charge in [0.15, 0.2) is 29.5 Å². The van der Waals surface area contributed by atoms with Crippen LogP contribution in [-0.4, -0.2) is 97.1 Å². The number of aliphatic carboxylic acids is 2. The van der Waals surface area contributed by atoms with Gasteiger partial charge in [0, 0.05) is 34.5 Å². The van der Waals surface area contributed by atoms with E-state index in [-0.39, 0.29) is 33.8 Å². The third kappa shape index (κ3) is 9.32. The Morgan fingerprint density at radius 1 is 0.788 bits per heavy atom. The molecule has 0 spiro atoms. The normalized spacial score (nSPS) is 13.4. The van der Waals surface area contributed by atoms with Gasteiger partial charge in [-0.2, -0.15) is 0 Å². The second kappa shape index (κ2) is 17.0. The quantitative estimate of drug-likeness (QED) is 0.101. The molecule has 0 radical (unpaired) electrons. The van der Waals surface area contributed by atoms with Gasteiger partial charge in [-0.3, -0.25) is 4.79 Å². The average Bonchev–Trinajstić information content (AvgIpc) is 3.10. The first kappa shape index (κ1) is 39.1. The maximum Gasteiger partial charge on any atom is 0.335 e. The van der Waals surface area contributed by atoms with E-state index in [1.54, 1.807) is 0 Å². The van der Waals surface area contributed by atoms with Crippen LogP contribution in [0.15, 0.2) is 104 Å². The molecule has 2 heterocycles. The number of benzene rings is 4. The van der Waals surface area contributed by atoms with Crippen LogP contribution in [0, 0.1) is 5.92 Å². The van der Waals surface area contributed by atoms with Crippen LogP contribution < -0.4 is 10.3 Å². The summed E-state index contributed by atoms with van der Waals surface area (Å²) < 4.78 is 5.43. The zero-order valence-electron chi connectivity index (χ0n) is 28.2. The first-order valence-corrected chi connectivity index (χ1v) is 16.5. The summed E-state index contributed by atoms with van der Waals surface area (Å²) in [5.41, 5.74) is 2.34. The molecule has 3 atom stereocenters. The van der Waals surface area contributed by atoms with E-state index in [0.717, 1.165) is 19.2 Å². The van der Waals surface area contributed by atoms with Gasteiger partial charge in [-0.1, -0.05) is 43.0 Å². The van der Waals surface area contributed by atoms with Crippen molar-refractivity contribution in [3.05, 3.63) is 95.2 Å². The number of carboxylic acid groups (broad SMARTS) is 2. The Morgan fingerprint density at radius 3 is 1.87 bits per heavy atom. The third-order valence-electron chi connectivity index (χ3n) is 7.60. The van der Waals surface area contributed by atoms with Gasteiger partial charge in [-0.25, -0.2) is 9.59 Å². The first-order valence-electron chi connectivity index (χ1n) is 15.7. The highest BCUT2D eigenvalue weighted by molar-refractivity contribution is 7.99. The van der Waals surface area contributed by atoms with Crippen molar-refractivity contribution in [2.24, 2.45) is 5.92 Å². The lowest BCUT2D eigenvalue weighted by molar-refractivity contribution is -0.165. The van der Waals surface area contributed by atoms with Crippen molar-refractivity contribution in [2.45, 2.75) is 28.9 Å². The summed E-state index contributed by atoms with van der Waals surface area (Å²) in [4.78, 5) is 39.1. The molecule has 5 aromatic rings. The van der Waals surface area contributed by atoms with Crippen LogP contribution in [0.5, 0.6) is 23.0 Å². The largest absolute Gasteiger partial charge is 0.508 e. The fourth-order valence-corrected chi connectivity index (χ4v) is 6.37. The standard InChI is InChI=1S/C18H22N2S.C15H10O6.C4H6O6/c1-14(12-19(2)3)13-20-15-8-4-6-10-17(15)21-18-11-7-5-9-16(18)20;16-8-2-3-9-12(6-8)21-15(14(20)13(9)19)7-1-4-10(17)11(18)5-7;5-1(3(7)8)2(6)4(9)10/h4-11,14H,12-13H2,1-3H3;1-6,16-18,20H;1-2,5-6H,(H,7,8)(H,9,10). The molecule has 0 amide bonds. The monoisotopic (exact) mass is 734 g/mol. The van der Waals surface area contributed by atoms with Crippen LogP contribution in [0.3, 0.4) is 0 Å². The molecule has 1 aliphatic heterocycles. The summed E-state index contributed by atoms with van der Waals surface area (Å²) in [6.45, 7) is 4.48. The van der Waals surface area contributed by atoms with E-state index in [4.69, 9.17) is 24.8 Å². The first-order chi connectivity index (χ1) is 24.6. The number of para-hydroxylation sites is 2. The highest BCUT2D eigenvalue weighted by Gasteiger charge is 2.29. The number of carboxylic acids is 2. The Morgan fingerprint density at radius 2 is 1.35 bits per heavy atom. The Labute approximate surface area is 301 Å². The zero-order valence-corrected chi connectivity index (χ0v) is 29.1. The van der Waals surface area contributed by atoms with E-state index in [1.807, 2.05) is 11.8 Å². The SMILES string of the molecule is CC(CN(C)C)CN1c2ccccc2Sc2ccccc21.O=C(O)C(O)C(O)C(=O)O.O=c1c(O)c(-c2ccc(O)c(O)c2)oc2cc(O)ccc12. The van der Waals surface area contributed by atoms with E-state index in [0.29, 0.717) is 5.92 Å². The summed E-state index contributed by atoms with van der Waals surface area (Å²) in [6, 6.07) is 25.1. The second-order valence-corrected chi connectivity index (χ2v) is 13.2. The minimum Gasteiger partial charge on any atom is -0.508 e. The van der Waals surface area contributed by atoms with Gasteiger partial charge in [0.1, 0.15) is 11.3 Å². The number of fused-ring (bicyclic) bond motifs is 3. The topological polar surface area (TPSA) is 233 Å². The van der Waals surface area contributed by atoms with Crippen molar-refractivity contribution in [2.75, 3.05) is 32.1 Å². The zero-order chi connectivity index (χ0) is 38.3. The molecule has 1 aliphatic rings. The van der Waals surface area contributed by atoms with Crippen molar-refractivity contribution in [3.8, 4) is 34.3 Å². The van der Waals surface area contributed by atoms with Crippen molar-refractivity contribution in [3.63, 3.8) is 0 Å². The lowest BCUT2D eigenvalue weighted by Crippen LogP contribution is -2.39. The number of aromatic hydroxyl groups is 4. The van der Waals surface area contributed by atoms with Gasteiger partial charge < -0.3 is 55.1 Å². The number of aliphatic hydroxyl groups excluding tert-OH is 2. The highest BCUT2D eigenvalue weighted by Crippen LogP contribution is 2.48. The van der Waals surface area contributed by atoms with Gasteiger partial charge >= 0.3 is 11.9 Å². The van der Waals surface area contributed by atoms with Gasteiger partial charge in [-0.05, 0) is 74.6 Å². The predicted octanol–water partition coefficient (Wildman–Crippen LogP) is 4.65. The van der Waals surface area contributed by atoms with Crippen molar-refractivity contribution >= 4 is 46.0 Å². The molecule has 8 N–H and O–H groups in total. The Balaban J connectivity index is 0.000000187. The van der Waals surface area contributed by atoms with Gasteiger partial charge in [-0.15, -0.1) is 0 Å². The minimum absolute atomic E-state index is 0.0872. The average molecular weight is 735 g/mol. The molecule has 6 rings (SSSR count). The number of hydrogen-bond acceptors (Lipinski definition) is 13. The Kier molecular flexibility index (Phi) is 12.8. The summed E-state index contributed by atoms with van der Waals surface area (Å²) in [5, 5.41) is 70.8. The van der Waals surface area contributed by atoms with E-state index in [1.165, 1.54) is 51.5 Å². The number of phenols is 3. The number of nitrogens with zero attached hydrogens (tertiary/aromatic N) is 2. The molecule has 0 saturated heterocycles. The molecule has 1 aromatic heterocycles.